The number of hydrogen-bond acceptors (Lipinski definition) is 7. The minimum Gasteiger partial charge on any atom is -0.459 e. The van der Waals surface area contributed by atoms with Crippen molar-refractivity contribution in [3.8, 4) is 0 Å². The highest BCUT2D eigenvalue weighted by molar-refractivity contribution is 5.95. The van der Waals surface area contributed by atoms with Gasteiger partial charge in [0.05, 0.1) is 31.9 Å². The Kier molecular flexibility index (Phi) is 11.0. The lowest BCUT2D eigenvalue weighted by Crippen LogP contribution is -2.39. The number of aromatic nitrogens is 1. The highest BCUT2D eigenvalue weighted by Gasteiger charge is 2.39. The SMILES string of the molecule is CCO[C@@H]1OC(C(=O)NCc2ccc(F)cc2)=C[C@H](c2cn(C(C)=O)c3ccccc23)[C@H]1CCOCCOCCO. The number of halogens is 1. The van der Waals surface area contributed by atoms with Crippen LogP contribution in [-0.2, 0) is 30.3 Å². The maximum atomic E-state index is 13.3. The molecule has 9 nitrogen and oxygen atoms in total. The van der Waals surface area contributed by atoms with Crippen molar-refractivity contribution >= 4 is 22.7 Å². The van der Waals surface area contributed by atoms with Gasteiger partial charge in [0.15, 0.2) is 5.76 Å². The lowest BCUT2D eigenvalue weighted by atomic mass is 9.81. The Morgan fingerprint density at radius 2 is 1.78 bits per heavy atom. The van der Waals surface area contributed by atoms with Crippen molar-refractivity contribution in [1.82, 2.24) is 9.88 Å². The molecule has 4 rings (SSSR count). The normalized spacial score (nSPS) is 18.6. The Labute approximate surface area is 238 Å². The molecule has 1 aliphatic heterocycles. The van der Waals surface area contributed by atoms with E-state index in [1.807, 2.05) is 37.4 Å². The summed E-state index contributed by atoms with van der Waals surface area (Å²) in [4.78, 5) is 25.8. The van der Waals surface area contributed by atoms with Crippen LogP contribution in [0.2, 0.25) is 0 Å². The van der Waals surface area contributed by atoms with Crippen LogP contribution in [-0.4, -0.2) is 67.4 Å². The summed E-state index contributed by atoms with van der Waals surface area (Å²) in [5.41, 5.74) is 2.40. The lowest BCUT2D eigenvalue weighted by Gasteiger charge is -2.36. The summed E-state index contributed by atoms with van der Waals surface area (Å²) in [6, 6.07) is 13.6. The van der Waals surface area contributed by atoms with Gasteiger partial charge in [-0.15, -0.1) is 0 Å². The van der Waals surface area contributed by atoms with E-state index in [4.69, 9.17) is 24.1 Å². The molecule has 0 aliphatic carbocycles. The number of rotatable bonds is 14. The van der Waals surface area contributed by atoms with Crippen LogP contribution in [0.1, 0.15) is 42.1 Å². The van der Waals surface area contributed by atoms with E-state index in [0.717, 1.165) is 22.0 Å². The van der Waals surface area contributed by atoms with E-state index in [0.29, 0.717) is 32.8 Å². The molecule has 0 unspecified atom stereocenters. The fraction of sp³-hybridized carbons (Fsp3) is 0.419. The topological polar surface area (TPSA) is 108 Å². The van der Waals surface area contributed by atoms with Gasteiger partial charge < -0.3 is 29.4 Å². The number of fused-ring (bicyclic) bond motifs is 1. The fourth-order valence-electron chi connectivity index (χ4n) is 5.00. The van der Waals surface area contributed by atoms with Gasteiger partial charge in [-0.25, -0.2) is 4.39 Å². The Bertz CT molecular complexity index is 1340. The zero-order valence-corrected chi connectivity index (χ0v) is 23.4. The first-order valence-corrected chi connectivity index (χ1v) is 13.8. The van der Waals surface area contributed by atoms with Crippen LogP contribution in [0.25, 0.3) is 10.9 Å². The predicted octanol–water partition coefficient (Wildman–Crippen LogP) is 4.15. The van der Waals surface area contributed by atoms with Crippen LogP contribution >= 0.6 is 0 Å². The van der Waals surface area contributed by atoms with Crippen molar-refractivity contribution in [2.24, 2.45) is 5.92 Å². The van der Waals surface area contributed by atoms with Gasteiger partial charge in [0.2, 0.25) is 12.2 Å². The number of allylic oxidation sites excluding steroid dienone is 1. The quantitative estimate of drug-likeness (QED) is 0.281. The molecular formula is C31H37FN2O7. The third-order valence-electron chi connectivity index (χ3n) is 6.95. The molecule has 3 aromatic rings. The first kappa shape index (κ1) is 30.4. The molecule has 10 heteroatoms. The molecule has 41 heavy (non-hydrogen) atoms. The van der Waals surface area contributed by atoms with Crippen LogP contribution in [0.4, 0.5) is 4.39 Å². The maximum absolute atomic E-state index is 13.3. The Morgan fingerprint density at radius 1 is 1.05 bits per heavy atom. The van der Waals surface area contributed by atoms with Crippen LogP contribution < -0.4 is 5.32 Å². The number of carbonyl (C=O) groups is 2. The number of para-hydroxylation sites is 1. The van der Waals surface area contributed by atoms with Crippen molar-refractivity contribution in [1.29, 1.82) is 0 Å². The number of carbonyl (C=O) groups excluding carboxylic acids is 2. The Morgan fingerprint density at radius 3 is 2.49 bits per heavy atom. The number of hydrogen-bond donors (Lipinski definition) is 2. The minimum absolute atomic E-state index is 0.0445. The lowest BCUT2D eigenvalue weighted by molar-refractivity contribution is -0.168. The summed E-state index contributed by atoms with van der Waals surface area (Å²) in [6.07, 6.45) is 3.43. The standard InChI is InChI=1S/C31H37FN2O7/c1-3-40-31-25(12-14-38-16-17-39-15-13-35)26(27-20-34(21(2)36)28-7-5-4-6-24(27)28)18-29(41-31)30(37)33-19-22-8-10-23(32)11-9-22/h4-11,18,20,25-26,31,35H,3,12-17,19H2,1-2H3,(H,33,37)/t25-,26+,31-/m1/s1. The molecule has 2 N–H and O–H groups in total. The molecule has 2 aromatic carbocycles. The molecule has 220 valence electrons. The van der Waals surface area contributed by atoms with Crippen molar-refractivity contribution in [2.45, 2.75) is 39.0 Å². The van der Waals surface area contributed by atoms with Gasteiger partial charge in [-0.3, -0.25) is 14.2 Å². The summed E-state index contributed by atoms with van der Waals surface area (Å²) in [6.45, 7) is 5.27. The second-order valence-corrected chi connectivity index (χ2v) is 9.70. The van der Waals surface area contributed by atoms with Crippen molar-refractivity contribution in [2.75, 3.05) is 39.6 Å². The second kappa shape index (κ2) is 14.9. The summed E-state index contributed by atoms with van der Waals surface area (Å²) in [7, 11) is 0. The number of amides is 1. The number of benzene rings is 2. The van der Waals surface area contributed by atoms with E-state index < -0.39 is 12.2 Å². The highest BCUT2D eigenvalue weighted by Crippen LogP contribution is 2.42. The van der Waals surface area contributed by atoms with Crippen molar-refractivity contribution < 1.29 is 38.0 Å². The van der Waals surface area contributed by atoms with E-state index in [2.05, 4.69) is 5.32 Å². The zero-order valence-electron chi connectivity index (χ0n) is 23.4. The number of nitrogens with one attached hydrogen (secondary N) is 1. The summed E-state index contributed by atoms with van der Waals surface area (Å²) in [5.74, 6) is -1.33. The summed E-state index contributed by atoms with van der Waals surface area (Å²) in [5, 5.41) is 12.6. The van der Waals surface area contributed by atoms with E-state index in [9.17, 15) is 14.0 Å². The first-order valence-electron chi connectivity index (χ1n) is 13.8. The maximum Gasteiger partial charge on any atom is 0.286 e. The minimum atomic E-state index is -0.741. The molecule has 0 spiro atoms. The van der Waals surface area contributed by atoms with Crippen LogP contribution in [0, 0.1) is 11.7 Å². The molecule has 1 aromatic heterocycles. The van der Waals surface area contributed by atoms with E-state index in [1.54, 1.807) is 22.8 Å². The van der Waals surface area contributed by atoms with E-state index >= 15 is 0 Å². The Hall–Kier alpha value is -3.57. The van der Waals surface area contributed by atoms with Gasteiger partial charge >= 0.3 is 0 Å². The van der Waals surface area contributed by atoms with Gasteiger partial charge in [-0.2, -0.15) is 0 Å². The van der Waals surface area contributed by atoms with E-state index in [-0.39, 0.29) is 49.1 Å². The van der Waals surface area contributed by atoms with Crippen LogP contribution in [0.3, 0.4) is 0 Å². The largest absolute Gasteiger partial charge is 0.459 e. The molecule has 1 amide bonds. The third kappa shape index (κ3) is 7.80. The predicted molar refractivity (Wildman–Crippen MR) is 151 cm³/mol. The smallest absolute Gasteiger partial charge is 0.286 e. The molecule has 3 atom stereocenters. The molecule has 1 aliphatic rings. The van der Waals surface area contributed by atoms with E-state index in [1.165, 1.54) is 19.1 Å². The van der Waals surface area contributed by atoms with Gasteiger partial charge in [0, 0.05) is 50.1 Å². The number of aliphatic hydroxyl groups is 1. The van der Waals surface area contributed by atoms with Crippen molar-refractivity contribution in [3.05, 3.63) is 83.5 Å². The van der Waals surface area contributed by atoms with Gasteiger partial charge in [-0.1, -0.05) is 30.3 Å². The van der Waals surface area contributed by atoms with Crippen LogP contribution in [0.15, 0.2) is 66.6 Å². The second-order valence-electron chi connectivity index (χ2n) is 9.70. The molecule has 0 radical (unpaired) electrons. The summed E-state index contributed by atoms with van der Waals surface area (Å²) >= 11 is 0. The average molecular weight is 569 g/mol. The zero-order chi connectivity index (χ0) is 29.2. The molecule has 2 heterocycles. The van der Waals surface area contributed by atoms with Gasteiger partial charge in [-0.05, 0) is 48.7 Å². The molecule has 0 saturated carbocycles. The average Bonchev–Trinajstić information content (AvgIpc) is 3.37. The monoisotopic (exact) mass is 568 g/mol. The molecule has 0 bridgehead atoms. The highest BCUT2D eigenvalue weighted by atomic mass is 19.1. The summed E-state index contributed by atoms with van der Waals surface area (Å²) < 4.78 is 38.1. The van der Waals surface area contributed by atoms with Gasteiger partial charge in [0.1, 0.15) is 5.82 Å². The van der Waals surface area contributed by atoms with Crippen molar-refractivity contribution in [3.63, 3.8) is 0 Å². The number of ether oxygens (including phenoxy) is 4. The molecular weight excluding hydrogens is 531 g/mol. The molecule has 0 fully saturated rings. The Balaban J connectivity index is 1.63. The molecule has 0 saturated heterocycles. The number of nitrogens with zero attached hydrogens (tertiary/aromatic N) is 1. The number of aliphatic hydroxyl groups excluding tert-OH is 1. The first-order chi connectivity index (χ1) is 19.9. The fourth-order valence-corrected chi connectivity index (χ4v) is 5.00. The third-order valence-corrected chi connectivity index (χ3v) is 6.95. The van der Waals surface area contributed by atoms with Crippen LogP contribution in [0.5, 0.6) is 0 Å². The van der Waals surface area contributed by atoms with Gasteiger partial charge in [0.25, 0.3) is 5.91 Å².